The lowest BCUT2D eigenvalue weighted by molar-refractivity contribution is -0.136. The van der Waals surface area contributed by atoms with Gasteiger partial charge in [-0.05, 0) is 66.5 Å². The van der Waals surface area contributed by atoms with Gasteiger partial charge in [0.1, 0.15) is 5.82 Å². The van der Waals surface area contributed by atoms with Crippen molar-refractivity contribution in [2.24, 2.45) is 0 Å². The maximum absolute atomic E-state index is 13.2. The van der Waals surface area contributed by atoms with Crippen molar-refractivity contribution in [3.63, 3.8) is 0 Å². The lowest BCUT2D eigenvalue weighted by Crippen LogP contribution is -2.41. The summed E-state index contributed by atoms with van der Waals surface area (Å²) in [6.45, 7) is 2.32. The number of hydrogen-bond donors (Lipinski definition) is 2. The van der Waals surface area contributed by atoms with Gasteiger partial charge in [0.2, 0.25) is 0 Å². The van der Waals surface area contributed by atoms with Crippen molar-refractivity contribution in [3.05, 3.63) is 51.4 Å². The number of rotatable bonds is 5. The zero-order valence-electron chi connectivity index (χ0n) is 14.0. The molecule has 3 rings (SSSR count). The highest BCUT2D eigenvalue weighted by atomic mass is 35.5. The van der Waals surface area contributed by atoms with Gasteiger partial charge in [-0.15, -0.1) is 0 Å². The molecule has 0 aliphatic carbocycles. The molecule has 0 radical (unpaired) electrons. The minimum absolute atomic E-state index is 0.0563. The van der Waals surface area contributed by atoms with Crippen LogP contribution in [0.2, 0.25) is 5.02 Å². The Hall–Kier alpha value is -1.96. The maximum atomic E-state index is 13.2. The molecule has 138 valence electrons. The van der Waals surface area contributed by atoms with Crippen molar-refractivity contribution in [2.45, 2.75) is 18.9 Å². The Kier molecular flexibility index (Phi) is 6.24. The monoisotopic (exact) mass is 395 g/mol. The normalized spacial score (nSPS) is 15.6. The van der Waals surface area contributed by atoms with Crippen LogP contribution in [0.4, 0.5) is 10.1 Å². The molecule has 0 unspecified atom stereocenters. The number of carbonyl (C=O) groups excluding carboxylic acids is 2. The Balaban J connectivity index is 1.58. The van der Waals surface area contributed by atoms with E-state index < -0.39 is 17.6 Å². The van der Waals surface area contributed by atoms with E-state index in [1.165, 1.54) is 12.1 Å². The van der Waals surface area contributed by atoms with Gasteiger partial charge in [0, 0.05) is 12.2 Å². The Labute approximate surface area is 160 Å². The molecule has 0 bridgehead atoms. The first-order chi connectivity index (χ1) is 12.5. The van der Waals surface area contributed by atoms with Gasteiger partial charge in [0.15, 0.2) is 0 Å². The van der Waals surface area contributed by atoms with E-state index in [1.54, 1.807) is 11.3 Å². The summed E-state index contributed by atoms with van der Waals surface area (Å²) in [7, 11) is 0. The van der Waals surface area contributed by atoms with Crippen LogP contribution < -0.4 is 10.6 Å². The average Bonchev–Trinajstić information content (AvgIpc) is 3.32. The Morgan fingerprint density at radius 2 is 2.00 bits per heavy atom. The Morgan fingerprint density at radius 1 is 1.23 bits per heavy atom. The summed E-state index contributed by atoms with van der Waals surface area (Å²) in [5, 5.41) is 9.08. The quantitative estimate of drug-likeness (QED) is 0.762. The second-order valence-corrected chi connectivity index (χ2v) is 7.30. The van der Waals surface area contributed by atoms with Gasteiger partial charge in [0.05, 0.1) is 11.1 Å². The van der Waals surface area contributed by atoms with E-state index in [9.17, 15) is 14.0 Å². The lowest BCUT2D eigenvalue weighted by atomic mass is 10.1. The summed E-state index contributed by atoms with van der Waals surface area (Å²) in [5.41, 5.74) is 1.41. The molecule has 8 heteroatoms. The van der Waals surface area contributed by atoms with Crippen molar-refractivity contribution in [2.75, 3.05) is 25.0 Å². The van der Waals surface area contributed by atoms with Crippen LogP contribution in [0, 0.1) is 5.82 Å². The zero-order chi connectivity index (χ0) is 18.5. The predicted molar refractivity (Wildman–Crippen MR) is 101 cm³/mol. The van der Waals surface area contributed by atoms with Crippen molar-refractivity contribution in [1.82, 2.24) is 10.2 Å². The van der Waals surface area contributed by atoms with E-state index in [0.717, 1.165) is 37.6 Å². The third-order valence-electron chi connectivity index (χ3n) is 4.35. The molecule has 2 amide bonds. The van der Waals surface area contributed by atoms with Crippen molar-refractivity contribution < 1.29 is 14.0 Å². The maximum Gasteiger partial charge on any atom is 0.313 e. The molecule has 1 fully saturated rings. The second-order valence-electron chi connectivity index (χ2n) is 6.11. The standard InChI is InChI=1S/C18H19ClFN3O2S/c19-14-9-13(3-4-15(14)20)22-18(25)17(24)21-10-16(12-5-8-26-11-12)23-6-1-2-7-23/h3-5,8-9,11,16H,1-2,6-7,10H2,(H,21,24)(H,22,25)/t16-/m0/s1. The first-order valence-corrected chi connectivity index (χ1v) is 9.67. The van der Waals surface area contributed by atoms with Gasteiger partial charge in [-0.2, -0.15) is 11.3 Å². The molecule has 2 aromatic rings. The van der Waals surface area contributed by atoms with Crippen LogP contribution in [0.5, 0.6) is 0 Å². The SMILES string of the molecule is O=C(NC[C@@H](c1ccsc1)N1CCCC1)C(=O)Nc1ccc(F)c(Cl)c1. The van der Waals surface area contributed by atoms with Crippen LogP contribution in [0.3, 0.4) is 0 Å². The first kappa shape index (κ1) is 18.8. The third kappa shape index (κ3) is 4.60. The largest absolute Gasteiger partial charge is 0.346 e. The summed E-state index contributed by atoms with van der Waals surface area (Å²) in [6.07, 6.45) is 2.28. The molecule has 1 saturated heterocycles. The summed E-state index contributed by atoms with van der Waals surface area (Å²) >= 11 is 7.29. The van der Waals surface area contributed by atoms with Crippen LogP contribution in [0.1, 0.15) is 24.4 Å². The van der Waals surface area contributed by atoms with E-state index in [0.29, 0.717) is 6.54 Å². The summed E-state index contributed by atoms with van der Waals surface area (Å²) in [5.74, 6) is -2.12. The minimum Gasteiger partial charge on any atom is -0.346 e. The molecule has 0 spiro atoms. The number of benzene rings is 1. The van der Waals surface area contributed by atoms with Crippen LogP contribution >= 0.6 is 22.9 Å². The summed E-state index contributed by atoms with van der Waals surface area (Å²) < 4.78 is 13.2. The fourth-order valence-corrected chi connectivity index (χ4v) is 3.89. The number of amides is 2. The van der Waals surface area contributed by atoms with Gasteiger partial charge >= 0.3 is 11.8 Å². The minimum atomic E-state index is -0.807. The molecule has 1 aliphatic heterocycles. The van der Waals surface area contributed by atoms with E-state index in [1.807, 2.05) is 11.4 Å². The molecule has 1 aromatic carbocycles. The molecule has 26 heavy (non-hydrogen) atoms. The van der Waals surface area contributed by atoms with Crippen LogP contribution in [-0.2, 0) is 9.59 Å². The van der Waals surface area contributed by atoms with Crippen molar-refractivity contribution in [3.8, 4) is 0 Å². The molecule has 1 aliphatic rings. The van der Waals surface area contributed by atoms with Crippen LogP contribution in [0.15, 0.2) is 35.0 Å². The number of nitrogens with one attached hydrogen (secondary N) is 2. The van der Waals surface area contributed by atoms with Gasteiger partial charge in [-0.1, -0.05) is 11.6 Å². The number of halogens is 2. The van der Waals surface area contributed by atoms with Crippen LogP contribution in [0.25, 0.3) is 0 Å². The topological polar surface area (TPSA) is 61.4 Å². The van der Waals surface area contributed by atoms with Crippen molar-refractivity contribution in [1.29, 1.82) is 0 Å². The molecule has 2 heterocycles. The molecule has 1 aromatic heterocycles. The average molecular weight is 396 g/mol. The number of nitrogens with zero attached hydrogens (tertiary/aromatic N) is 1. The highest BCUT2D eigenvalue weighted by Gasteiger charge is 2.25. The van der Waals surface area contributed by atoms with Gasteiger partial charge in [-0.3, -0.25) is 14.5 Å². The molecule has 0 saturated carbocycles. The number of anilines is 1. The number of carbonyl (C=O) groups is 2. The molecular weight excluding hydrogens is 377 g/mol. The molecule has 5 nitrogen and oxygen atoms in total. The fourth-order valence-electron chi connectivity index (χ4n) is 3.01. The molecule has 2 N–H and O–H groups in total. The Bertz CT molecular complexity index is 779. The predicted octanol–water partition coefficient (Wildman–Crippen LogP) is 3.43. The van der Waals surface area contributed by atoms with Gasteiger partial charge in [-0.25, -0.2) is 4.39 Å². The van der Waals surface area contributed by atoms with E-state index in [-0.39, 0.29) is 16.8 Å². The third-order valence-corrected chi connectivity index (χ3v) is 5.34. The Morgan fingerprint density at radius 3 is 2.65 bits per heavy atom. The summed E-state index contributed by atoms with van der Waals surface area (Å²) in [4.78, 5) is 26.5. The molecule has 1 atom stereocenters. The number of thiophene rings is 1. The molecular formula is C18H19ClFN3O2S. The van der Waals surface area contributed by atoms with Crippen LogP contribution in [-0.4, -0.2) is 36.3 Å². The first-order valence-electron chi connectivity index (χ1n) is 8.35. The number of hydrogen-bond acceptors (Lipinski definition) is 4. The fraction of sp³-hybridized carbons (Fsp3) is 0.333. The van der Waals surface area contributed by atoms with E-state index in [2.05, 4.69) is 20.9 Å². The number of likely N-dealkylation sites (tertiary alicyclic amines) is 1. The van der Waals surface area contributed by atoms with E-state index in [4.69, 9.17) is 11.6 Å². The smallest absolute Gasteiger partial charge is 0.313 e. The summed E-state index contributed by atoms with van der Waals surface area (Å²) in [6, 6.07) is 5.85. The van der Waals surface area contributed by atoms with Gasteiger partial charge < -0.3 is 10.6 Å². The van der Waals surface area contributed by atoms with E-state index >= 15 is 0 Å². The van der Waals surface area contributed by atoms with Gasteiger partial charge in [0.25, 0.3) is 0 Å². The lowest BCUT2D eigenvalue weighted by Gasteiger charge is -2.27. The highest BCUT2D eigenvalue weighted by molar-refractivity contribution is 7.08. The second kappa shape index (κ2) is 8.62. The van der Waals surface area contributed by atoms with Crippen molar-refractivity contribution >= 4 is 40.4 Å². The zero-order valence-corrected chi connectivity index (χ0v) is 15.6. The highest BCUT2D eigenvalue weighted by Crippen LogP contribution is 2.26.